The predicted octanol–water partition coefficient (Wildman–Crippen LogP) is 9.45. The van der Waals surface area contributed by atoms with Crippen LogP contribution in [0.15, 0.2) is 145 Å². The zero-order chi connectivity index (χ0) is 29.7. The lowest BCUT2D eigenvalue weighted by atomic mass is 9.98. The molecule has 0 fully saturated rings. The molecule has 0 N–H and O–H groups in total. The molecule has 6 aromatic carbocycles. The van der Waals surface area contributed by atoms with Crippen molar-refractivity contribution in [2.24, 2.45) is 0 Å². The Morgan fingerprint density at radius 1 is 0.421 bits per heavy atom. The number of rotatable bonds is 4. The van der Waals surface area contributed by atoms with Crippen molar-refractivity contribution in [3.63, 3.8) is 0 Å². The molecule has 7 aromatic rings. The second kappa shape index (κ2) is 9.42. The van der Waals surface area contributed by atoms with Gasteiger partial charge in [0.15, 0.2) is 5.82 Å². The Morgan fingerprint density at radius 3 is 1.84 bits per heavy atom. The van der Waals surface area contributed by atoms with E-state index in [1.807, 2.05) is 66.7 Å². The monoisotopic (exact) mass is 489 g/mol. The van der Waals surface area contributed by atoms with E-state index in [1.54, 1.807) is 0 Å². The molecule has 0 atom stereocenters. The molecule has 0 amide bonds. The van der Waals surface area contributed by atoms with Crippen LogP contribution in [0.4, 0.5) is 0 Å². The van der Waals surface area contributed by atoms with E-state index in [-0.39, 0.29) is 23.5 Å². The van der Waals surface area contributed by atoms with Crippen molar-refractivity contribution < 1.29 is 6.85 Å². The minimum absolute atomic E-state index is 0.0261. The van der Waals surface area contributed by atoms with Gasteiger partial charge in [-0.25, -0.2) is 9.97 Å². The van der Waals surface area contributed by atoms with Crippen molar-refractivity contribution in [1.29, 1.82) is 0 Å². The van der Waals surface area contributed by atoms with Gasteiger partial charge in [-0.05, 0) is 44.8 Å². The summed E-state index contributed by atoms with van der Waals surface area (Å²) in [6, 6.07) is 36.6. The fourth-order valence-electron chi connectivity index (χ4n) is 4.85. The average Bonchev–Trinajstić information content (AvgIpc) is 3.06. The van der Waals surface area contributed by atoms with E-state index in [9.17, 15) is 0 Å². The normalized spacial score (nSPS) is 13.0. The Kier molecular flexibility index (Phi) is 4.31. The summed E-state index contributed by atoms with van der Waals surface area (Å²) in [5, 5.41) is 4.49. The lowest BCUT2D eigenvalue weighted by Crippen LogP contribution is -1.96. The van der Waals surface area contributed by atoms with Gasteiger partial charge in [-0.3, -0.25) is 0 Å². The Hall–Kier alpha value is -5.08. The Labute approximate surface area is 228 Å². The van der Waals surface area contributed by atoms with Crippen molar-refractivity contribution in [2.75, 3.05) is 0 Å². The maximum absolute atomic E-state index is 8.58. The van der Waals surface area contributed by atoms with Crippen LogP contribution in [-0.4, -0.2) is 9.97 Å². The molecule has 2 nitrogen and oxygen atoms in total. The summed E-state index contributed by atoms with van der Waals surface area (Å²) in [4.78, 5) is 9.55. The number of benzene rings is 6. The van der Waals surface area contributed by atoms with Crippen LogP contribution < -0.4 is 0 Å². The van der Waals surface area contributed by atoms with Gasteiger partial charge in [-0.2, -0.15) is 0 Å². The highest BCUT2D eigenvalue weighted by molar-refractivity contribution is 6.08. The zero-order valence-corrected chi connectivity index (χ0v) is 20.4. The number of aromatic nitrogens is 2. The molecule has 0 spiro atoms. The van der Waals surface area contributed by atoms with Gasteiger partial charge in [0.2, 0.25) is 0 Å². The fourth-order valence-corrected chi connectivity index (χ4v) is 4.85. The molecule has 0 saturated carbocycles. The van der Waals surface area contributed by atoms with Crippen LogP contribution in [0.3, 0.4) is 0 Å². The van der Waals surface area contributed by atoms with E-state index >= 15 is 0 Å². The minimum Gasteiger partial charge on any atom is -0.228 e. The molecular formula is C36H24N2. The summed E-state index contributed by atoms with van der Waals surface area (Å²) >= 11 is 0. The van der Waals surface area contributed by atoms with Crippen LogP contribution in [0.1, 0.15) is 6.85 Å². The largest absolute Gasteiger partial charge is 0.228 e. The van der Waals surface area contributed by atoms with Crippen molar-refractivity contribution in [3.05, 3.63) is 145 Å². The van der Waals surface area contributed by atoms with E-state index in [4.69, 9.17) is 16.8 Å². The predicted molar refractivity (Wildman–Crippen MR) is 159 cm³/mol. The van der Waals surface area contributed by atoms with Crippen LogP contribution in [0.5, 0.6) is 0 Å². The third-order valence-corrected chi connectivity index (χ3v) is 6.78. The smallest absolute Gasteiger partial charge is 0.160 e. The standard InChI is InChI=1S/C36H24N2/c1-3-9-25(10-4-1)26-15-18-28(19-16-26)34-24-35(38-36(37-34)29-12-5-2-6-13-29)31-21-22-33-30(23-31)20-17-27-11-7-8-14-32(27)33/h1-24H/i2D,5D,6D,12D,13D. The van der Waals surface area contributed by atoms with Crippen molar-refractivity contribution >= 4 is 21.5 Å². The summed E-state index contributed by atoms with van der Waals surface area (Å²) in [6.45, 7) is 0. The Bertz CT molecular complexity index is 2150. The Morgan fingerprint density at radius 2 is 1.03 bits per heavy atom. The molecule has 0 radical (unpaired) electrons. The van der Waals surface area contributed by atoms with Gasteiger partial charge in [0.05, 0.1) is 18.2 Å². The van der Waals surface area contributed by atoms with E-state index in [1.165, 1.54) is 0 Å². The lowest BCUT2D eigenvalue weighted by Gasteiger charge is -2.11. The molecule has 178 valence electrons. The van der Waals surface area contributed by atoms with Gasteiger partial charge < -0.3 is 0 Å². The van der Waals surface area contributed by atoms with Crippen LogP contribution in [0.2, 0.25) is 0 Å². The minimum atomic E-state index is -0.451. The van der Waals surface area contributed by atoms with Gasteiger partial charge in [-0.1, -0.05) is 133 Å². The van der Waals surface area contributed by atoms with Crippen LogP contribution >= 0.6 is 0 Å². The topological polar surface area (TPSA) is 25.8 Å². The molecule has 7 rings (SSSR count). The van der Waals surface area contributed by atoms with E-state index < -0.39 is 18.1 Å². The van der Waals surface area contributed by atoms with Crippen LogP contribution in [0, 0.1) is 0 Å². The SMILES string of the molecule is [2H]c1c([2H])c([2H])c(-c2nc(-c3ccc(-c4ccccc4)cc3)cc(-c3ccc4c(ccc5ccccc54)c3)n2)c([2H])c1[2H]. The first-order valence-corrected chi connectivity index (χ1v) is 12.4. The lowest BCUT2D eigenvalue weighted by molar-refractivity contribution is 1.18. The quantitative estimate of drug-likeness (QED) is 0.230. The van der Waals surface area contributed by atoms with Crippen molar-refractivity contribution in [3.8, 4) is 45.0 Å². The maximum atomic E-state index is 8.58. The number of nitrogens with zero attached hydrogens (tertiary/aromatic N) is 2. The highest BCUT2D eigenvalue weighted by Crippen LogP contribution is 2.32. The van der Waals surface area contributed by atoms with Crippen LogP contribution in [0.25, 0.3) is 66.6 Å². The molecule has 0 aliphatic heterocycles. The molecule has 0 bridgehead atoms. The fraction of sp³-hybridized carbons (Fsp3) is 0. The number of hydrogen-bond acceptors (Lipinski definition) is 2. The Balaban J connectivity index is 1.43. The molecule has 1 heterocycles. The van der Waals surface area contributed by atoms with E-state index in [2.05, 4.69) is 48.5 Å². The summed E-state index contributed by atoms with van der Waals surface area (Å²) in [5.74, 6) is 0.0789. The second-order valence-corrected chi connectivity index (χ2v) is 9.13. The molecular weight excluding hydrogens is 460 g/mol. The zero-order valence-electron chi connectivity index (χ0n) is 25.4. The third kappa shape index (κ3) is 4.12. The maximum Gasteiger partial charge on any atom is 0.160 e. The first-order valence-electron chi connectivity index (χ1n) is 14.9. The molecule has 1 aromatic heterocycles. The molecule has 0 saturated heterocycles. The molecule has 2 heteroatoms. The summed E-state index contributed by atoms with van der Waals surface area (Å²) in [5.41, 5.74) is 4.97. The second-order valence-electron chi connectivity index (χ2n) is 9.13. The van der Waals surface area contributed by atoms with Gasteiger partial charge in [0, 0.05) is 16.7 Å². The molecule has 0 unspecified atom stereocenters. The highest BCUT2D eigenvalue weighted by Gasteiger charge is 2.12. The third-order valence-electron chi connectivity index (χ3n) is 6.78. The summed E-state index contributed by atoms with van der Waals surface area (Å²) < 4.78 is 41.6. The average molecular weight is 490 g/mol. The summed E-state index contributed by atoms with van der Waals surface area (Å²) in [6.07, 6.45) is 0. The van der Waals surface area contributed by atoms with E-state index in [0.29, 0.717) is 11.4 Å². The molecule has 38 heavy (non-hydrogen) atoms. The highest BCUT2D eigenvalue weighted by atomic mass is 14.9. The van der Waals surface area contributed by atoms with Gasteiger partial charge in [0.25, 0.3) is 0 Å². The number of fused-ring (bicyclic) bond motifs is 3. The first kappa shape index (κ1) is 17.4. The summed E-state index contributed by atoms with van der Waals surface area (Å²) in [7, 11) is 0. The van der Waals surface area contributed by atoms with Gasteiger partial charge in [0.1, 0.15) is 0 Å². The molecule has 0 aliphatic rings. The van der Waals surface area contributed by atoms with Crippen molar-refractivity contribution in [1.82, 2.24) is 9.97 Å². The van der Waals surface area contributed by atoms with E-state index in [0.717, 1.165) is 43.8 Å². The van der Waals surface area contributed by atoms with Gasteiger partial charge in [-0.15, -0.1) is 0 Å². The number of hydrogen-bond donors (Lipinski definition) is 0. The van der Waals surface area contributed by atoms with Crippen molar-refractivity contribution in [2.45, 2.75) is 0 Å². The molecule has 0 aliphatic carbocycles. The van der Waals surface area contributed by atoms with Crippen LogP contribution in [-0.2, 0) is 0 Å². The first-order chi connectivity index (χ1) is 20.9. The van der Waals surface area contributed by atoms with Gasteiger partial charge >= 0.3 is 0 Å².